The lowest BCUT2D eigenvalue weighted by atomic mass is 10.3. The molecule has 5 heteroatoms. The number of likely N-dealkylation sites (N-methyl/N-ethyl adjacent to an activating group) is 1. The molecular weight excluding hydrogens is 312 g/mol. The predicted octanol–water partition coefficient (Wildman–Crippen LogP) is 3.69. The summed E-state index contributed by atoms with van der Waals surface area (Å²) in [7, 11) is 0. The van der Waals surface area contributed by atoms with Crippen molar-refractivity contribution in [1.82, 2.24) is 4.90 Å². The molecule has 3 rings (SSSR count). The molecule has 3 N–H and O–H groups in total. The molecule has 0 heterocycles. The number of ether oxygens (including phenoxy) is 1. The Morgan fingerprint density at radius 2 is 1.92 bits per heavy atom. The molecule has 0 unspecified atom stereocenters. The summed E-state index contributed by atoms with van der Waals surface area (Å²) in [5.74, 6) is 2.00. The second-order valence-corrected chi connectivity index (χ2v) is 6.19. The zero-order valence-corrected chi connectivity index (χ0v) is 14.7. The van der Waals surface area contributed by atoms with Crippen LogP contribution in [0.4, 0.5) is 5.69 Å². The number of nitrogens with zero attached hydrogens (tertiary/aromatic N) is 2. The van der Waals surface area contributed by atoms with Gasteiger partial charge in [-0.1, -0.05) is 31.2 Å². The van der Waals surface area contributed by atoms with Gasteiger partial charge in [0.05, 0.1) is 6.54 Å². The fourth-order valence-corrected chi connectivity index (χ4v) is 2.79. The van der Waals surface area contributed by atoms with Gasteiger partial charge in [-0.3, -0.25) is 9.89 Å². The highest BCUT2D eigenvalue weighted by atomic mass is 16.5. The standard InChI is InChI=1S/C20H26N4O/c1-2-24(17-11-12-17)14-13-22-20(21)23-16-7-6-10-19(15-16)25-18-8-4-3-5-9-18/h3-10,15,17H,2,11-14H2,1H3,(H3,21,22,23). The minimum Gasteiger partial charge on any atom is -0.457 e. The number of rotatable bonds is 8. The highest BCUT2D eigenvalue weighted by molar-refractivity contribution is 5.92. The molecule has 0 amide bonds. The van der Waals surface area contributed by atoms with Gasteiger partial charge in [0.25, 0.3) is 0 Å². The number of para-hydroxylation sites is 1. The van der Waals surface area contributed by atoms with Crippen molar-refractivity contribution in [1.29, 1.82) is 0 Å². The molecule has 25 heavy (non-hydrogen) atoms. The Hall–Kier alpha value is -2.53. The first-order valence-electron chi connectivity index (χ1n) is 8.88. The maximum atomic E-state index is 6.01. The Bertz CT molecular complexity index is 698. The maximum absolute atomic E-state index is 6.01. The lowest BCUT2D eigenvalue weighted by Crippen LogP contribution is -2.30. The van der Waals surface area contributed by atoms with Gasteiger partial charge in [-0.05, 0) is 43.7 Å². The minimum absolute atomic E-state index is 0.434. The van der Waals surface area contributed by atoms with E-state index in [0.717, 1.165) is 36.3 Å². The molecule has 0 bridgehead atoms. The van der Waals surface area contributed by atoms with Crippen LogP contribution in [0.1, 0.15) is 19.8 Å². The summed E-state index contributed by atoms with van der Waals surface area (Å²) in [5.41, 5.74) is 6.87. The first-order valence-corrected chi connectivity index (χ1v) is 8.88. The van der Waals surface area contributed by atoms with Gasteiger partial charge in [0, 0.05) is 24.3 Å². The Morgan fingerprint density at radius 3 is 2.64 bits per heavy atom. The molecule has 1 aliphatic carbocycles. The summed E-state index contributed by atoms with van der Waals surface area (Å²) < 4.78 is 5.83. The van der Waals surface area contributed by atoms with Crippen LogP contribution in [-0.4, -0.2) is 36.5 Å². The molecule has 1 aliphatic rings. The number of nitrogens with two attached hydrogens (primary N) is 1. The quantitative estimate of drug-likeness (QED) is 0.569. The largest absolute Gasteiger partial charge is 0.457 e. The average molecular weight is 338 g/mol. The van der Waals surface area contributed by atoms with Crippen molar-refractivity contribution in [2.24, 2.45) is 10.7 Å². The smallest absolute Gasteiger partial charge is 0.193 e. The van der Waals surface area contributed by atoms with Crippen LogP contribution in [0.2, 0.25) is 0 Å². The lowest BCUT2D eigenvalue weighted by Gasteiger charge is -2.18. The molecule has 2 aromatic carbocycles. The zero-order chi connectivity index (χ0) is 17.5. The summed E-state index contributed by atoms with van der Waals surface area (Å²) in [6.45, 7) is 4.94. The van der Waals surface area contributed by atoms with E-state index in [9.17, 15) is 0 Å². The molecular formula is C20H26N4O. The van der Waals surface area contributed by atoms with E-state index < -0.39 is 0 Å². The molecule has 2 aromatic rings. The van der Waals surface area contributed by atoms with E-state index in [4.69, 9.17) is 10.5 Å². The molecule has 1 saturated carbocycles. The van der Waals surface area contributed by atoms with E-state index in [1.54, 1.807) is 0 Å². The van der Waals surface area contributed by atoms with Crippen LogP contribution >= 0.6 is 0 Å². The van der Waals surface area contributed by atoms with Crippen molar-refractivity contribution in [3.63, 3.8) is 0 Å². The van der Waals surface area contributed by atoms with E-state index in [1.807, 2.05) is 54.6 Å². The topological polar surface area (TPSA) is 62.9 Å². The van der Waals surface area contributed by atoms with Crippen LogP contribution < -0.4 is 15.8 Å². The van der Waals surface area contributed by atoms with Crippen LogP contribution in [0.15, 0.2) is 59.6 Å². The van der Waals surface area contributed by atoms with Crippen molar-refractivity contribution >= 4 is 11.6 Å². The third-order valence-electron chi connectivity index (χ3n) is 4.22. The summed E-state index contributed by atoms with van der Waals surface area (Å²) in [5, 5.41) is 3.13. The van der Waals surface area contributed by atoms with Crippen molar-refractivity contribution in [2.45, 2.75) is 25.8 Å². The van der Waals surface area contributed by atoms with E-state index in [2.05, 4.69) is 22.1 Å². The number of aliphatic imine (C=N–C) groups is 1. The molecule has 0 aromatic heterocycles. The van der Waals surface area contributed by atoms with Gasteiger partial charge in [0.1, 0.15) is 11.5 Å². The average Bonchev–Trinajstić information content (AvgIpc) is 3.45. The second-order valence-electron chi connectivity index (χ2n) is 6.19. The first-order chi connectivity index (χ1) is 12.2. The number of nitrogens with one attached hydrogen (secondary N) is 1. The summed E-state index contributed by atoms with van der Waals surface area (Å²) in [6.07, 6.45) is 2.64. The van der Waals surface area contributed by atoms with Gasteiger partial charge >= 0.3 is 0 Å². The van der Waals surface area contributed by atoms with E-state index in [-0.39, 0.29) is 0 Å². The number of hydrogen-bond donors (Lipinski definition) is 2. The highest BCUT2D eigenvalue weighted by Gasteiger charge is 2.26. The van der Waals surface area contributed by atoms with E-state index >= 15 is 0 Å². The van der Waals surface area contributed by atoms with Crippen molar-refractivity contribution in [3.05, 3.63) is 54.6 Å². The number of anilines is 1. The predicted molar refractivity (Wildman–Crippen MR) is 103 cm³/mol. The van der Waals surface area contributed by atoms with E-state index in [1.165, 1.54) is 12.8 Å². The van der Waals surface area contributed by atoms with Crippen molar-refractivity contribution in [2.75, 3.05) is 25.0 Å². The van der Waals surface area contributed by atoms with Gasteiger partial charge in [0.15, 0.2) is 5.96 Å². The third-order valence-corrected chi connectivity index (χ3v) is 4.22. The summed E-state index contributed by atoms with van der Waals surface area (Å²) in [6, 6.07) is 18.2. The van der Waals surface area contributed by atoms with Gasteiger partial charge in [-0.25, -0.2) is 0 Å². The monoisotopic (exact) mass is 338 g/mol. The van der Waals surface area contributed by atoms with Gasteiger partial charge in [-0.15, -0.1) is 0 Å². The second kappa shape index (κ2) is 8.53. The maximum Gasteiger partial charge on any atom is 0.193 e. The Kier molecular flexibility index (Phi) is 5.90. The molecule has 0 spiro atoms. The van der Waals surface area contributed by atoms with Crippen molar-refractivity contribution in [3.8, 4) is 11.5 Å². The third kappa shape index (κ3) is 5.50. The van der Waals surface area contributed by atoms with Crippen LogP contribution in [-0.2, 0) is 0 Å². The van der Waals surface area contributed by atoms with Crippen LogP contribution in [0, 0.1) is 0 Å². The highest BCUT2D eigenvalue weighted by Crippen LogP contribution is 2.26. The number of hydrogen-bond acceptors (Lipinski definition) is 3. The summed E-state index contributed by atoms with van der Waals surface area (Å²) >= 11 is 0. The fraction of sp³-hybridized carbons (Fsp3) is 0.350. The molecule has 0 aliphatic heterocycles. The first kappa shape index (κ1) is 17.3. The minimum atomic E-state index is 0.434. The Balaban J connectivity index is 1.53. The Labute approximate surface area is 149 Å². The van der Waals surface area contributed by atoms with Gasteiger partial charge < -0.3 is 15.8 Å². The summed E-state index contributed by atoms with van der Waals surface area (Å²) in [4.78, 5) is 6.90. The molecule has 132 valence electrons. The SMILES string of the molecule is CCN(CCN=C(N)Nc1cccc(Oc2ccccc2)c1)C1CC1. The number of guanidine groups is 1. The zero-order valence-electron chi connectivity index (χ0n) is 14.7. The van der Waals surface area contributed by atoms with Gasteiger partial charge in [-0.2, -0.15) is 0 Å². The molecule has 0 radical (unpaired) electrons. The lowest BCUT2D eigenvalue weighted by molar-refractivity contribution is 0.286. The molecule has 0 atom stereocenters. The normalized spacial score (nSPS) is 14.6. The molecule has 0 saturated heterocycles. The van der Waals surface area contributed by atoms with Gasteiger partial charge in [0.2, 0.25) is 0 Å². The molecule has 5 nitrogen and oxygen atoms in total. The number of benzene rings is 2. The Morgan fingerprint density at radius 1 is 1.16 bits per heavy atom. The fourth-order valence-electron chi connectivity index (χ4n) is 2.79. The van der Waals surface area contributed by atoms with Crippen molar-refractivity contribution < 1.29 is 4.74 Å². The van der Waals surface area contributed by atoms with Crippen LogP contribution in [0.25, 0.3) is 0 Å². The molecule has 1 fully saturated rings. The van der Waals surface area contributed by atoms with Crippen LogP contribution in [0.3, 0.4) is 0 Å². The van der Waals surface area contributed by atoms with E-state index in [0.29, 0.717) is 12.5 Å². The van der Waals surface area contributed by atoms with Crippen LogP contribution in [0.5, 0.6) is 11.5 Å².